The van der Waals surface area contributed by atoms with Gasteiger partial charge in [-0.3, -0.25) is 28.8 Å². The number of aliphatic carboxylic acids is 1. The van der Waals surface area contributed by atoms with E-state index in [1.807, 2.05) is 60.7 Å². The molecular weight excluding hydrogens is 572 g/mol. The highest BCUT2D eigenvalue weighted by molar-refractivity contribution is 6.38. The van der Waals surface area contributed by atoms with E-state index < -0.39 is 52.8 Å². The predicted molar refractivity (Wildman–Crippen MR) is 170 cm³/mol. The number of hydrogen-bond acceptors (Lipinski definition) is 6. The molecule has 1 aliphatic carbocycles. The van der Waals surface area contributed by atoms with Crippen molar-refractivity contribution < 1.29 is 33.9 Å². The van der Waals surface area contributed by atoms with E-state index in [1.54, 1.807) is 0 Å². The predicted octanol–water partition coefficient (Wildman–Crippen LogP) is 4.65. The second-order valence-electron chi connectivity index (χ2n) is 13.0. The fourth-order valence-corrected chi connectivity index (χ4v) is 5.81. The zero-order valence-electron chi connectivity index (χ0n) is 26.6. The van der Waals surface area contributed by atoms with Crippen molar-refractivity contribution in [2.75, 3.05) is 0 Å². The Morgan fingerprint density at radius 3 is 2.00 bits per heavy atom. The zero-order valence-corrected chi connectivity index (χ0v) is 26.6. The van der Waals surface area contributed by atoms with Gasteiger partial charge in [0.05, 0.1) is 17.5 Å². The Bertz CT molecular complexity index is 1330. The second kappa shape index (κ2) is 16.8. The molecule has 3 N–H and O–H groups in total. The smallest absolute Gasteiger partial charge is 0.309 e. The van der Waals surface area contributed by atoms with Crippen LogP contribution in [0, 0.1) is 17.3 Å². The summed E-state index contributed by atoms with van der Waals surface area (Å²) in [7, 11) is 0. The van der Waals surface area contributed by atoms with E-state index in [4.69, 9.17) is 0 Å². The normalized spacial score (nSPS) is 15.7. The fraction of sp³-hybridized carbons (Fsp3) is 0.500. The highest BCUT2D eigenvalue weighted by atomic mass is 16.4. The maximum Gasteiger partial charge on any atom is 0.309 e. The van der Waals surface area contributed by atoms with Crippen molar-refractivity contribution in [1.82, 2.24) is 10.6 Å². The Morgan fingerprint density at radius 2 is 1.42 bits per heavy atom. The molecule has 1 saturated carbocycles. The molecule has 242 valence electrons. The molecule has 2 aromatic rings. The number of ketones is 3. The summed E-state index contributed by atoms with van der Waals surface area (Å²) in [5, 5.41) is 14.7. The molecule has 0 aliphatic heterocycles. The third-order valence-corrected chi connectivity index (χ3v) is 8.57. The summed E-state index contributed by atoms with van der Waals surface area (Å²) in [4.78, 5) is 77.6. The molecule has 0 saturated heterocycles. The van der Waals surface area contributed by atoms with Gasteiger partial charge in [0, 0.05) is 25.2 Å². The van der Waals surface area contributed by atoms with Crippen molar-refractivity contribution in [1.29, 1.82) is 0 Å². The number of carbonyl (C=O) groups is 6. The van der Waals surface area contributed by atoms with Crippen LogP contribution in [0.1, 0.15) is 83.3 Å². The number of rotatable bonds is 17. The number of nitrogens with one attached hydrogen (secondary N) is 2. The van der Waals surface area contributed by atoms with Gasteiger partial charge in [0.25, 0.3) is 5.91 Å². The number of Topliss-reactive ketones (excluding diaryl/α,β-unsaturated/α-hetero) is 3. The molecule has 3 rings (SSSR count). The van der Waals surface area contributed by atoms with Crippen molar-refractivity contribution in [3.05, 3.63) is 71.8 Å². The van der Waals surface area contributed by atoms with E-state index >= 15 is 0 Å². The molecule has 0 spiro atoms. The van der Waals surface area contributed by atoms with Gasteiger partial charge in [-0.15, -0.1) is 0 Å². The lowest BCUT2D eigenvalue weighted by Crippen LogP contribution is -2.52. The summed E-state index contributed by atoms with van der Waals surface area (Å²) >= 11 is 0. The quantitative estimate of drug-likeness (QED) is 0.219. The average molecular weight is 619 g/mol. The Hall–Kier alpha value is -4.14. The first-order valence-electron chi connectivity index (χ1n) is 15.9. The van der Waals surface area contributed by atoms with Gasteiger partial charge in [0.2, 0.25) is 11.7 Å². The van der Waals surface area contributed by atoms with Gasteiger partial charge in [0.15, 0.2) is 5.78 Å². The molecule has 1 aliphatic rings. The summed E-state index contributed by atoms with van der Waals surface area (Å²) in [6.07, 6.45) is 5.37. The summed E-state index contributed by atoms with van der Waals surface area (Å²) in [6, 6.07) is 16.3. The molecule has 3 unspecified atom stereocenters. The molecule has 0 heterocycles. The first kappa shape index (κ1) is 35.3. The van der Waals surface area contributed by atoms with Crippen LogP contribution in [0.3, 0.4) is 0 Å². The highest BCUT2D eigenvalue weighted by Crippen LogP contribution is 2.29. The van der Waals surface area contributed by atoms with E-state index in [1.165, 1.54) is 20.8 Å². The van der Waals surface area contributed by atoms with Crippen LogP contribution in [0.25, 0.3) is 0 Å². The van der Waals surface area contributed by atoms with E-state index in [2.05, 4.69) is 10.6 Å². The van der Waals surface area contributed by atoms with Crippen LogP contribution in [-0.4, -0.2) is 52.3 Å². The maximum atomic E-state index is 13.4. The van der Waals surface area contributed by atoms with Gasteiger partial charge in [-0.05, 0) is 50.7 Å². The van der Waals surface area contributed by atoms with Gasteiger partial charge in [-0.2, -0.15) is 0 Å². The standard InChI is InChI=1S/C36H46N2O7/c1-24(32(41)34(43)38-30(21-27-17-11-6-12-18-27)31(40)23-36(2,3)35(44)45)37-33(42)28(19-25-13-7-4-8-14-25)22-29(39)20-26-15-9-5-10-16-26/h4-5,7-10,13-16,24,27-28,30H,6,11-12,17-23H2,1-3H3,(H,37,42)(H,38,43)(H,44,45). The fourth-order valence-electron chi connectivity index (χ4n) is 5.81. The van der Waals surface area contributed by atoms with Crippen molar-refractivity contribution in [2.24, 2.45) is 17.3 Å². The van der Waals surface area contributed by atoms with Crippen LogP contribution in [-0.2, 0) is 41.6 Å². The summed E-state index contributed by atoms with van der Waals surface area (Å²) in [5.41, 5.74) is 0.366. The van der Waals surface area contributed by atoms with Gasteiger partial charge in [-0.1, -0.05) is 92.8 Å². The molecule has 2 aromatic carbocycles. The Balaban J connectivity index is 1.68. The van der Waals surface area contributed by atoms with Gasteiger partial charge in [0.1, 0.15) is 5.78 Å². The van der Waals surface area contributed by atoms with Gasteiger partial charge in [-0.25, -0.2) is 0 Å². The van der Waals surface area contributed by atoms with E-state index in [0.29, 0.717) is 6.42 Å². The molecular formula is C36H46N2O7. The number of hydrogen-bond donors (Lipinski definition) is 3. The average Bonchev–Trinajstić information content (AvgIpc) is 3.01. The topological polar surface area (TPSA) is 147 Å². The second-order valence-corrected chi connectivity index (χ2v) is 13.0. The number of carboxylic acids is 1. The first-order valence-corrected chi connectivity index (χ1v) is 15.9. The van der Waals surface area contributed by atoms with Crippen molar-refractivity contribution >= 4 is 35.1 Å². The molecule has 45 heavy (non-hydrogen) atoms. The third kappa shape index (κ3) is 11.4. The molecule has 1 fully saturated rings. The van der Waals surface area contributed by atoms with E-state index in [-0.39, 0.29) is 37.4 Å². The number of benzene rings is 2. The minimum absolute atomic E-state index is 0.0416. The van der Waals surface area contributed by atoms with Crippen LogP contribution in [0.15, 0.2) is 60.7 Å². The third-order valence-electron chi connectivity index (χ3n) is 8.57. The highest BCUT2D eigenvalue weighted by Gasteiger charge is 2.36. The lowest BCUT2D eigenvalue weighted by atomic mass is 9.80. The zero-order chi connectivity index (χ0) is 33.0. The maximum absolute atomic E-state index is 13.4. The number of carboxylic acid groups (broad SMARTS) is 1. The molecule has 0 bridgehead atoms. The largest absolute Gasteiger partial charge is 0.481 e. The summed E-state index contributed by atoms with van der Waals surface area (Å²) in [6.45, 7) is 4.30. The van der Waals surface area contributed by atoms with Crippen molar-refractivity contribution in [3.63, 3.8) is 0 Å². The van der Waals surface area contributed by atoms with Crippen LogP contribution in [0.5, 0.6) is 0 Å². The van der Waals surface area contributed by atoms with Gasteiger partial charge < -0.3 is 15.7 Å². The Labute approximate surface area is 265 Å². The number of amides is 2. The SMILES string of the molecule is CC(NC(=O)C(CC(=O)Cc1ccccc1)Cc1ccccc1)C(=O)C(=O)NC(CC1CCCCC1)C(=O)CC(C)(C)C(=O)O. The first-order chi connectivity index (χ1) is 21.4. The van der Waals surface area contributed by atoms with E-state index in [9.17, 15) is 33.9 Å². The lowest BCUT2D eigenvalue weighted by Gasteiger charge is -2.28. The van der Waals surface area contributed by atoms with Crippen LogP contribution < -0.4 is 10.6 Å². The van der Waals surface area contributed by atoms with Crippen LogP contribution in [0.2, 0.25) is 0 Å². The molecule has 9 nitrogen and oxygen atoms in total. The minimum Gasteiger partial charge on any atom is -0.481 e. The monoisotopic (exact) mass is 618 g/mol. The van der Waals surface area contributed by atoms with Crippen LogP contribution in [0.4, 0.5) is 0 Å². The molecule has 0 radical (unpaired) electrons. The molecule has 3 atom stereocenters. The Morgan fingerprint density at radius 1 is 0.844 bits per heavy atom. The molecule has 9 heteroatoms. The van der Waals surface area contributed by atoms with Crippen molar-refractivity contribution in [3.8, 4) is 0 Å². The summed E-state index contributed by atoms with van der Waals surface area (Å²) in [5.74, 6) is -4.72. The number of carbonyl (C=O) groups excluding carboxylic acids is 5. The molecule has 2 amide bonds. The Kier molecular flexibility index (Phi) is 13.2. The minimum atomic E-state index is -1.33. The van der Waals surface area contributed by atoms with Crippen LogP contribution >= 0.6 is 0 Å². The lowest BCUT2D eigenvalue weighted by molar-refractivity contribution is -0.149. The van der Waals surface area contributed by atoms with Crippen molar-refractivity contribution in [2.45, 2.75) is 97.1 Å². The van der Waals surface area contributed by atoms with Gasteiger partial charge >= 0.3 is 5.97 Å². The van der Waals surface area contributed by atoms with E-state index in [0.717, 1.165) is 43.2 Å². The molecule has 0 aromatic heterocycles. The summed E-state index contributed by atoms with van der Waals surface area (Å²) < 4.78 is 0.